The highest BCUT2D eigenvalue weighted by atomic mass is 127. The second-order valence-corrected chi connectivity index (χ2v) is 4.96. The number of aliphatic imine (C=N–C) groups is 1. The van der Waals surface area contributed by atoms with Gasteiger partial charge in [0, 0.05) is 15.3 Å². The summed E-state index contributed by atoms with van der Waals surface area (Å²) in [5.74, 6) is -0.251. The second-order valence-electron chi connectivity index (χ2n) is 3.71. The van der Waals surface area contributed by atoms with E-state index in [2.05, 4.69) is 33.6 Å². The number of hydrogen-bond acceptors (Lipinski definition) is 1. The van der Waals surface area contributed by atoms with Crippen molar-refractivity contribution in [3.8, 4) is 0 Å². The van der Waals surface area contributed by atoms with E-state index in [1.807, 2.05) is 19.1 Å². The maximum atomic E-state index is 13.4. The minimum absolute atomic E-state index is 0.251. The van der Waals surface area contributed by atoms with Gasteiger partial charge in [0.15, 0.2) is 0 Å². The van der Waals surface area contributed by atoms with Crippen molar-refractivity contribution in [1.82, 2.24) is 0 Å². The average Bonchev–Trinajstić information content (AvgIpc) is 2.30. The predicted molar refractivity (Wildman–Crippen MR) is 77.6 cm³/mol. The number of hydrogen-bond donors (Lipinski definition) is 0. The van der Waals surface area contributed by atoms with Gasteiger partial charge in [-0.15, -0.1) is 0 Å². The van der Waals surface area contributed by atoms with Crippen molar-refractivity contribution >= 4 is 34.5 Å². The van der Waals surface area contributed by atoms with Crippen molar-refractivity contribution in [2.45, 2.75) is 6.92 Å². The van der Waals surface area contributed by atoms with Crippen molar-refractivity contribution in [3.05, 3.63) is 63.0 Å². The Hall–Kier alpha value is -1.23. The molecule has 0 aromatic heterocycles. The first kappa shape index (κ1) is 12.2. The number of benzene rings is 2. The fourth-order valence-corrected chi connectivity index (χ4v) is 2.13. The highest BCUT2D eigenvalue weighted by Crippen LogP contribution is 2.20. The predicted octanol–water partition coefficient (Wildman–Crippen LogP) is 4.49. The van der Waals surface area contributed by atoms with Crippen LogP contribution >= 0.6 is 22.6 Å². The second kappa shape index (κ2) is 5.40. The minimum atomic E-state index is -0.251. The molecule has 0 aliphatic rings. The summed E-state index contributed by atoms with van der Waals surface area (Å²) >= 11 is 2.26. The van der Waals surface area contributed by atoms with Gasteiger partial charge in [-0.3, -0.25) is 4.99 Å². The van der Waals surface area contributed by atoms with Gasteiger partial charge in [0.05, 0.1) is 5.69 Å². The molecule has 0 heterocycles. The summed E-state index contributed by atoms with van der Waals surface area (Å²) in [6, 6.07) is 12.6. The van der Waals surface area contributed by atoms with Gasteiger partial charge in [-0.1, -0.05) is 18.2 Å². The molecule has 86 valence electrons. The first-order valence-electron chi connectivity index (χ1n) is 5.21. The fourth-order valence-electron chi connectivity index (χ4n) is 1.48. The van der Waals surface area contributed by atoms with Crippen LogP contribution in [0, 0.1) is 16.3 Å². The standard InChI is InChI=1S/C14H11FIN/c1-10-8-12(16)6-7-14(10)17-9-11-4-2-3-5-13(11)15/h2-9H,1H3. The third-order valence-electron chi connectivity index (χ3n) is 2.41. The van der Waals surface area contributed by atoms with Gasteiger partial charge in [0.1, 0.15) is 5.82 Å². The van der Waals surface area contributed by atoms with E-state index < -0.39 is 0 Å². The molecular weight excluding hydrogens is 328 g/mol. The monoisotopic (exact) mass is 339 g/mol. The molecule has 2 rings (SSSR count). The molecule has 2 aromatic carbocycles. The van der Waals surface area contributed by atoms with E-state index in [1.54, 1.807) is 24.4 Å². The Bertz CT molecular complexity index is 564. The van der Waals surface area contributed by atoms with Crippen molar-refractivity contribution < 1.29 is 4.39 Å². The smallest absolute Gasteiger partial charge is 0.131 e. The lowest BCUT2D eigenvalue weighted by Gasteiger charge is -2.00. The molecule has 0 atom stereocenters. The van der Waals surface area contributed by atoms with Crippen LogP contribution in [0.1, 0.15) is 11.1 Å². The molecule has 0 bridgehead atoms. The molecule has 0 amide bonds. The van der Waals surface area contributed by atoms with Gasteiger partial charge in [0.2, 0.25) is 0 Å². The Labute approximate surface area is 114 Å². The van der Waals surface area contributed by atoms with Crippen molar-refractivity contribution in [1.29, 1.82) is 0 Å². The number of aryl methyl sites for hydroxylation is 1. The largest absolute Gasteiger partial charge is 0.256 e. The topological polar surface area (TPSA) is 12.4 Å². The van der Waals surface area contributed by atoms with E-state index in [1.165, 1.54) is 9.64 Å². The molecule has 0 unspecified atom stereocenters. The van der Waals surface area contributed by atoms with Crippen LogP contribution in [0.5, 0.6) is 0 Å². The van der Waals surface area contributed by atoms with Crippen LogP contribution in [0.25, 0.3) is 0 Å². The van der Waals surface area contributed by atoms with Gasteiger partial charge >= 0.3 is 0 Å². The van der Waals surface area contributed by atoms with E-state index in [-0.39, 0.29) is 5.82 Å². The Kier molecular flexibility index (Phi) is 3.89. The summed E-state index contributed by atoms with van der Waals surface area (Å²) in [5.41, 5.74) is 2.46. The lowest BCUT2D eigenvalue weighted by atomic mass is 10.2. The summed E-state index contributed by atoms with van der Waals surface area (Å²) in [6.45, 7) is 2.00. The molecule has 17 heavy (non-hydrogen) atoms. The van der Waals surface area contributed by atoms with Crippen molar-refractivity contribution in [2.24, 2.45) is 4.99 Å². The minimum Gasteiger partial charge on any atom is -0.256 e. The fraction of sp³-hybridized carbons (Fsp3) is 0.0714. The quantitative estimate of drug-likeness (QED) is 0.565. The molecular formula is C14H11FIN. The highest BCUT2D eigenvalue weighted by Gasteiger charge is 1.98. The van der Waals surface area contributed by atoms with Crippen LogP contribution in [-0.2, 0) is 0 Å². The maximum Gasteiger partial charge on any atom is 0.131 e. The molecule has 1 nitrogen and oxygen atoms in total. The van der Waals surface area contributed by atoms with E-state index in [9.17, 15) is 4.39 Å². The van der Waals surface area contributed by atoms with E-state index >= 15 is 0 Å². The maximum absolute atomic E-state index is 13.4. The Balaban J connectivity index is 2.29. The molecule has 0 saturated heterocycles. The summed E-state index contributed by atoms with van der Waals surface area (Å²) in [7, 11) is 0. The van der Waals surface area contributed by atoms with Gasteiger partial charge in [0.25, 0.3) is 0 Å². The highest BCUT2D eigenvalue weighted by molar-refractivity contribution is 14.1. The van der Waals surface area contributed by atoms with E-state index in [0.717, 1.165) is 11.3 Å². The Morgan fingerprint density at radius 3 is 2.65 bits per heavy atom. The molecule has 0 spiro atoms. The van der Waals surface area contributed by atoms with Crippen molar-refractivity contribution in [2.75, 3.05) is 0 Å². The molecule has 0 aliphatic carbocycles. The van der Waals surface area contributed by atoms with Gasteiger partial charge < -0.3 is 0 Å². The van der Waals surface area contributed by atoms with Crippen LogP contribution in [-0.4, -0.2) is 6.21 Å². The van der Waals surface area contributed by atoms with E-state index in [4.69, 9.17) is 0 Å². The molecule has 3 heteroatoms. The molecule has 0 aliphatic heterocycles. The molecule has 0 fully saturated rings. The molecule has 0 N–H and O–H groups in total. The van der Waals surface area contributed by atoms with Gasteiger partial charge in [-0.2, -0.15) is 0 Å². The Morgan fingerprint density at radius 1 is 1.18 bits per heavy atom. The number of nitrogens with zero attached hydrogens (tertiary/aromatic N) is 1. The summed E-state index contributed by atoms with van der Waals surface area (Å²) < 4.78 is 14.5. The normalized spacial score (nSPS) is 11.0. The van der Waals surface area contributed by atoms with E-state index in [0.29, 0.717) is 5.56 Å². The summed E-state index contributed by atoms with van der Waals surface area (Å²) in [5, 5.41) is 0. The zero-order chi connectivity index (χ0) is 12.3. The van der Waals surface area contributed by atoms with Gasteiger partial charge in [-0.05, 0) is 59.3 Å². The Morgan fingerprint density at radius 2 is 1.94 bits per heavy atom. The van der Waals surface area contributed by atoms with Crippen LogP contribution in [0.15, 0.2) is 47.5 Å². The zero-order valence-corrected chi connectivity index (χ0v) is 11.5. The SMILES string of the molecule is Cc1cc(I)ccc1N=Cc1ccccc1F. The first-order valence-corrected chi connectivity index (χ1v) is 6.29. The lowest BCUT2D eigenvalue weighted by molar-refractivity contribution is 0.626. The third-order valence-corrected chi connectivity index (χ3v) is 3.08. The lowest BCUT2D eigenvalue weighted by Crippen LogP contribution is -1.86. The molecule has 0 saturated carbocycles. The van der Waals surface area contributed by atoms with Crippen LogP contribution in [0.3, 0.4) is 0 Å². The summed E-state index contributed by atoms with van der Waals surface area (Å²) in [4.78, 5) is 4.31. The van der Waals surface area contributed by atoms with Gasteiger partial charge in [-0.25, -0.2) is 4.39 Å². The van der Waals surface area contributed by atoms with Crippen LogP contribution in [0.4, 0.5) is 10.1 Å². The van der Waals surface area contributed by atoms with Crippen LogP contribution < -0.4 is 0 Å². The average molecular weight is 339 g/mol. The number of halogens is 2. The van der Waals surface area contributed by atoms with Crippen LogP contribution in [0.2, 0.25) is 0 Å². The zero-order valence-electron chi connectivity index (χ0n) is 9.32. The third kappa shape index (κ3) is 3.12. The summed E-state index contributed by atoms with van der Waals surface area (Å²) in [6.07, 6.45) is 1.56. The van der Waals surface area contributed by atoms with Crippen molar-refractivity contribution in [3.63, 3.8) is 0 Å². The molecule has 2 aromatic rings. The number of rotatable bonds is 2. The first-order chi connectivity index (χ1) is 8.16. The molecule has 0 radical (unpaired) electrons.